The molecule has 1 fully saturated rings. The summed E-state index contributed by atoms with van der Waals surface area (Å²) in [7, 11) is 0. The molecule has 0 spiro atoms. The summed E-state index contributed by atoms with van der Waals surface area (Å²) in [4.78, 5) is 20.1. The lowest BCUT2D eigenvalue weighted by Gasteiger charge is -2.38. The molecule has 124 valence electrons. The van der Waals surface area contributed by atoms with E-state index < -0.39 is 0 Å². The second-order valence-corrected chi connectivity index (χ2v) is 6.03. The molecule has 0 aromatic carbocycles. The zero-order valence-corrected chi connectivity index (χ0v) is 13.8. The normalized spacial score (nSPS) is 16.2. The van der Waals surface area contributed by atoms with E-state index in [1.807, 2.05) is 26.0 Å². The number of piperazine rings is 1. The second kappa shape index (κ2) is 7.59. The molecule has 0 aliphatic carbocycles. The van der Waals surface area contributed by atoms with Crippen molar-refractivity contribution in [2.24, 2.45) is 5.92 Å². The molecule has 1 amide bonds. The Hall–Kier alpha value is -2.89. The van der Waals surface area contributed by atoms with Crippen molar-refractivity contribution in [2.75, 3.05) is 26.2 Å². The van der Waals surface area contributed by atoms with Crippen molar-refractivity contribution in [2.45, 2.75) is 26.4 Å². The molecule has 1 aliphatic heterocycles. The predicted octanol–water partition coefficient (Wildman–Crippen LogP) is 0.319. The number of carbonyl (C=O) groups excluding carboxylic acids is 1. The summed E-state index contributed by atoms with van der Waals surface area (Å²) in [6, 6.07) is 5.93. The average molecular weight is 325 g/mol. The Morgan fingerprint density at radius 2 is 1.88 bits per heavy atom. The van der Waals surface area contributed by atoms with Gasteiger partial charge >= 0.3 is 0 Å². The molecular formula is C16H19N7O. The van der Waals surface area contributed by atoms with Crippen LogP contribution < -0.4 is 0 Å². The summed E-state index contributed by atoms with van der Waals surface area (Å²) in [5.41, 5.74) is 0.137. The Morgan fingerprint density at radius 1 is 1.21 bits per heavy atom. The fourth-order valence-corrected chi connectivity index (χ4v) is 2.85. The van der Waals surface area contributed by atoms with Gasteiger partial charge < -0.3 is 9.47 Å². The van der Waals surface area contributed by atoms with Crippen molar-refractivity contribution < 1.29 is 4.79 Å². The first kappa shape index (κ1) is 17.5. The smallest absolute Gasteiger partial charge is 0.242 e. The lowest BCUT2D eigenvalue weighted by molar-refractivity contribution is -0.133. The van der Waals surface area contributed by atoms with Gasteiger partial charge in [-0.05, 0) is 5.92 Å². The molecule has 0 saturated carbocycles. The maximum absolute atomic E-state index is 12.4. The summed E-state index contributed by atoms with van der Waals surface area (Å²) in [6.07, 6.45) is 1.34. The number of carbonyl (C=O) groups is 1. The summed E-state index contributed by atoms with van der Waals surface area (Å²) in [5, 5.41) is 27.2. The average Bonchev–Trinajstić information content (AvgIpc) is 2.97. The Kier molecular flexibility index (Phi) is 5.52. The third-order valence-electron chi connectivity index (χ3n) is 4.18. The van der Waals surface area contributed by atoms with E-state index in [9.17, 15) is 10.1 Å². The molecule has 1 aromatic heterocycles. The van der Waals surface area contributed by atoms with Crippen LogP contribution in [-0.2, 0) is 11.3 Å². The molecule has 2 rings (SSSR count). The van der Waals surface area contributed by atoms with Crippen molar-refractivity contribution in [1.29, 1.82) is 15.8 Å². The van der Waals surface area contributed by atoms with Gasteiger partial charge in [0, 0.05) is 26.2 Å². The molecule has 1 unspecified atom stereocenters. The number of amides is 1. The SMILES string of the molecule is CC(C)C(C#N)N1CCN(C(=O)Cn2cnc(C#N)c2C#N)CC1. The molecule has 24 heavy (non-hydrogen) atoms. The van der Waals surface area contributed by atoms with Gasteiger partial charge in [0.05, 0.1) is 12.4 Å². The van der Waals surface area contributed by atoms with Crippen molar-refractivity contribution >= 4 is 5.91 Å². The quantitative estimate of drug-likeness (QED) is 0.788. The highest BCUT2D eigenvalue weighted by Crippen LogP contribution is 2.14. The minimum atomic E-state index is -0.140. The van der Waals surface area contributed by atoms with Crippen LogP contribution >= 0.6 is 0 Å². The molecular weight excluding hydrogens is 306 g/mol. The summed E-state index contributed by atoms with van der Waals surface area (Å²) in [5.74, 6) is 0.122. The van der Waals surface area contributed by atoms with E-state index in [0.717, 1.165) is 0 Å². The van der Waals surface area contributed by atoms with Gasteiger partial charge in [0.25, 0.3) is 0 Å². The standard InChI is InChI=1S/C16H19N7O/c1-12(2)14(8-18)21-3-5-22(6-4-21)16(24)10-23-11-20-13(7-17)15(23)9-19/h11-12,14H,3-6,10H2,1-2H3. The first-order valence-corrected chi connectivity index (χ1v) is 7.78. The third kappa shape index (κ3) is 3.53. The van der Waals surface area contributed by atoms with Gasteiger partial charge in [-0.3, -0.25) is 9.69 Å². The fraction of sp³-hybridized carbons (Fsp3) is 0.562. The van der Waals surface area contributed by atoms with Crippen molar-refractivity contribution in [1.82, 2.24) is 19.4 Å². The molecule has 0 bridgehead atoms. The first-order valence-electron chi connectivity index (χ1n) is 7.78. The van der Waals surface area contributed by atoms with Crippen LogP contribution in [0.1, 0.15) is 25.2 Å². The van der Waals surface area contributed by atoms with E-state index in [1.165, 1.54) is 10.9 Å². The predicted molar refractivity (Wildman–Crippen MR) is 84.0 cm³/mol. The molecule has 1 aliphatic rings. The Labute approximate surface area is 141 Å². The Bertz CT molecular complexity index is 723. The minimum absolute atomic E-state index is 0.0105. The number of hydrogen-bond acceptors (Lipinski definition) is 6. The van der Waals surface area contributed by atoms with Gasteiger partial charge in [0.15, 0.2) is 11.4 Å². The molecule has 1 aromatic rings. The van der Waals surface area contributed by atoms with Crippen LogP contribution in [0.2, 0.25) is 0 Å². The molecule has 1 atom stereocenters. The van der Waals surface area contributed by atoms with Crippen molar-refractivity contribution in [3.8, 4) is 18.2 Å². The van der Waals surface area contributed by atoms with Crippen LogP contribution in [-0.4, -0.2) is 57.5 Å². The summed E-state index contributed by atoms with van der Waals surface area (Å²) in [6.45, 7) is 6.42. The van der Waals surface area contributed by atoms with Crippen LogP contribution in [0.5, 0.6) is 0 Å². The van der Waals surface area contributed by atoms with Gasteiger partial charge in [-0.25, -0.2) is 4.98 Å². The van der Waals surface area contributed by atoms with Crippen molar-refractivity contribution in [3.63, 3.8) is 0 Å². The van der Waals surface area contributed by atoms with Crippen LogP contribution in [0.4, 0.5) is 0 Å². The number of hydrogen-bond donors (Lipinski definition) is 0. The first-order chi connectivity index (χ1) is 11.5. The lowest BCUT2D eigenvalue weighted by Crippen LogP contribution is -2.53. The van der Waals surface area contributed by atoms with Gasteiger partial charge in [-0.2, -0.15) is 15.8 Å². The zero-order valence-electron chi connectivity index (χ0n) is 13.8. The van der Waals surface area contributed by atoms with E-state index in [4.69, 9.17) is 10.5 Å². The number of imidazole rings is 1. The molecule has 1 saturated heterocycles. The molecule has 2 heterocycles. The van der Waals surface area contributed by atoms with Gasteiger partial charge in [0.1, 0.15) is 24.7 Å². The summed E-state index contributed by atoms with van der Waals surface area (Å²) < 4.78 is 1.40. The second-order valence-electron chi connectivity index (χ2n) is 6.03. The highest BCUT2D eigenvalue weighted by atomic mass is 16.2. The third-order valence-corrected chi connectivity index (χ3v) is 4.18. The van der Waals surface area contributed by atoms with E-state index in [1.54, 1.807) is 4.90 Å². The Morgan fingerprint density at radius 3 is 2.38 bits per heavy atom. The van der Waals surface area contributed by atoms with Gasteiger partial charge in [-0.1, -0.05) is 13.8 Å². The number of aromatic nitrogens is 2. The van der Waals surface area contributed by atoms with E-state index in [-0.39, 0.29) is 35.8 Å². The molecule has 0 radical (unpaired) electrons. The highest BCUT2D eigenvalue weighted by molar-refractivity contribution is 5.76. The Balaban J connectivity index is 1.97. The van der Waals surface area contributed by atoms with Crippen LogP contribution in [0.3, 0.4) is 0 Å². The topological polar surface area (TPSA) is 113 Å². The lowest BCUT2D eigenvalue weighted by atomic mass is 10.0. The van der Waals surface area contributed by atoms with Crippen molar-refractivity contribution in [3.05, 3.63) is 17.7 Å². The maximum atomic E-state index is 12.4. The van der Waals surface area contributed by atoms with Gasteiger partial charge in [-0.15, -0.1) is 0 Å². The minimum Gasteiger partial charge on any atom is -0.339 e. The van der Waals surface area contributed by atoms with Crippen LogP contribution in [0, 0.1) is 39.9 Å². The highest BCUT2D eigenvalue weighted by Gasteiger charge is 2.28. The molecule has 8 nitrogen and oxygen atoms in total. The number of rotatable bonds is 4. The van der Waals surface area contributed by atoms with E-state index in [0.29, 0.717) is 26.2 Å². The fourth-order valence-electron chi connectivity index (χ4n) is 2.85. The summed E-state index contributed by atoms with van der Waals surface area (Å²) >= 11 is 0. The number of nitriles is 3. The largest absolute Gasteiger partial charge is 0.339 e. The van der Waals surface area contributed by atoms with E-state index >= 15 is 0 Å². The molecule has 8 heteroatoms. The molecule has 0 N–H and O–H groups in total. The van der Waals surface area contributed by atoms with E-state index in [2.05, 4.69) is 16.0 Å². The van der Waals surface area contributed by atoms with Crippen LogP contribution in [0.25, 0.3) is 0 Å². The van der Waals surface area contributed by atoms with Crippen LogP contribution in [0.15, 0.2) is 6.33 Å². The number of nitrogens with zero attached hydrogens (tertiary/aromatic N) is 7. The van der Waals surface area contributed by atoms with Gasteiger partial charge in [0.2, 0.25) is 5.91 Å². The maximum Gasteiger partial charge on any atom is 0.242 e. The zero-order chi connectivity index (χ0) is 17.7. The monoisotopic (exact) mass is 325 g/mol.